The highest BCUT2D eigenvalue weighted by atomic mass is 32.1. The number of rotatable bonds is 1. The van der Waals surface area contributed by atoms with Gasteiger partial charge in [-0.3, -0.25) is 9.59 Å². The number of aliphatic hydroxyl groups is 1. The Labute approximate surface area is 186 Å². The average molecular weight is 457 g/mol. The summed E-state index contributed by atoms with van der Waals surface area (Å²) in [7, 11) is 0. The summed E-state index contributed by atoms with van der Waals surface area (Å²) in [6.07, 6.45) is -1.86. The van der Waals surface area contributed by atoms with E-state index in [-0.39, 0.29) is 37.0 Å². The maximum absolute atomic E-state index is 17.1. The summed E-state index contributed by atoms with van der Waals surface area (Å²) < 4.78 is 44.8. The molecule has 172 valence electrons. The zero-order valence-corrected chi connectivity index (χ0v) is 19.2. The van der Waals surface area contributed by atoms with Crippen molar-refractivity contribution in [3.63, 3.8) is 0 Å². The Hall–Kier alpha value is -0.830. The molecule has 4 aliphatic carbocycles. The van der Waals surface area contributed by atoms with E-state index >= 15 is 8.78 Å². The number of aliphatic hydroxyl groups excluding tert-OH is 1. The van der Waals surface area contributed by atoms with Crippen LogP contribution in [0.1, 0.15) is 59.8 Å². The highest BCUT2D eigenvalue weighted by Crippen LogP contribution is 2.73. The molecule has 5 aliphatic rings. The van der Waals surface area contributed by atoms with Crippen LogP contribution in [0, 0.1) is 22.7 Å². The fourth-order valence-corrected chi connectivity index (χ4v) is 8.47. The van der Waals surface area contributed by atoms with Gasteiger partial charge in [0, 0.05) is 23.2 Å². The van der Waals surface area contributed by atoms with Crippen LogP contribution < -0.4 is 0 Å². The third-order valence-electron chi connectivity index (χ3n) is 9.34. The summed E-state index contributed by atoms with van der Waals surface area (Å²) in [6, 6.07) is 0. The summed E-state index contributed by atoms with van der Waals surface area (Å²) in [5.41, 5.74) is -5.62. The number of alkyl halides is 2. The minimum atomic E-state index is -2.11. The Bertz CT molecular complexity index is 906. The molecule has 1 N–H and O–H groups in total. The van der Waals surface area contributed by atoms with Crippen molar-refractivity contribution in [1.29, 1.82) is 0 Å². The molecule has 0 radical (unpaired) electrons. The van der Waals surface area contributed by atoms with E-state index < -0.39 is 63.2 Å². The number of ether oxygens (including phenoxy) is 2. The van der Waals surface area contributed by atoms with Gasteiger partial charge in [-0.2, -0.15) is 0 Å². The van der Waals surface area contributed by atoms with E-state index in [1.54, 1.807) is 20.8 Å². The molecule has 1 heterocycles. The van der Waals surface area contributed by atoms with Crippen molar-refractivity contribution in [3.8, 4) is 0 Å². The van der Waals surface area contributed by atoms with Crippen molar-refractivity contribution < 1.29 is 33.0 Å². The number of carbonyl (C=O) groups excluding carboxylic acids is 2. The van der Waals surface area contributed by atoms with Crippen molar-refractivity contribution in [1.82, 2.24) is 0 Å². The van der Waals surface area contributed by atoms with Gasteiger partial charge < -0.3 is 14.6 Å². The molecule has 0 bridgehead atoms. The second kappa shape index (κ2) is 6.19. The SMILES string of the molecule is CC1(C)O[C@@H]2C[C@H]3[C@@H]4C[C@H](F)C5=CC(=O)CC[C@]5(C)[C@@]4(F)[C@@H](O)C[C@]3(C)[C@]2(C(=O)S)O1. The molecular weight excluding hydrogens is 426 g/mol. The fraction of sp³-hybridized carbons (Fsp3) is 0.826. The van der Waals surface area contributed by atoms with Gasteiger partial charge in [0.05, 0.1) is 12.2 Å². The second-order valence-electron chi connectivity index (χ2n) is 11.1. The molecule has 0 aromatic heterocycles. The highest BCUT2D eigenvalue weighted by Gasteiger charge is 2.80. The minimum absolute atomic E-state index is 0.0271. The number of carbonyl (C=O) groups is 2. The van der Waals surface area contributed by atoms with Gasteiger partial charge in [0.2, 0.25) is 5.12 Å². The lowest BCUT2D eigenvalue weighted by Gasteiger charge is -2.64. The monoisotopic (exact) mass is 456 g/mol. The van der Waals surface area contributed by atoms with E-state index in [0.717, 1.165) is 0 Å². The summed E-state index contributed by atoms with van der Waals surface area (Å²) in [5.74, 6) is -2.50. The Morgan fingerprint density at radius 3 is 2.55 bits per heavy atom. The van der Waals surface area contributed by atoms with Crippen LogP contribution in [-0.2, 0) is 19.1 Å². The third-order valence-corrected chi connectivity index (χ3v) is 9.67. The van der Waals surface area contributed by atoms with Gasteiger partial charge in [0.1, 0.15) is 11.8 Å². The van der Waals surface area contributed by atoms with Gasteiger partial charge in [0.15, 0.2) is 17.2 Å². The Balaban J connectivity index is 1.65. The first kappa shape index (κ1) is 22.0. The Morgan fingerprint density at radius 1 is 1.23 bits per heavy atom. The highest BCUT2D eigenvalue weighted by molar-refractivity contribution is 7.96. The van der Waals surface area contributed by atoms with Crippen molar-refractivity contribution in [3.05, 3.63) is 11.6 Å². The lowest BCUT2D eigenvalue weighted by Crippen LogP contribution is -2.71. The Morgan fingerprint density at radius 2 is 1.90 bits per heavy atom. The molecule has 8 heteroatoms. The summed E-state index contributed by atoms with van der Waals surface area (Å²) in [4.78, 5) is 24.9. The molecule has 0 unspecified atom stereocenters. The zero-order chi connectivity index (χ0) is 22.8. The number of halogens is 2. The van der Waals surface area contributed by atoms with Crippen molar-refractivity contribution >= 4 is 23.5 Å². The molecule has 5 nitrogen and oxygen atoms in total. The molecule has 1 saturated heterocycles. The fourth-order valence-electron chi connectivity index (χ4n) is 8.03. The molecule has 9 atom stereocenters. The largest absolute Gasteiger partial charge is 0.390 e. The van der Waals surface area contributed by atoms with E-state index in [9.17, 15) is 14.7 Å². The molecular formula is C23H30F2O5S. The van der Waals surface area contributed by atoms with Gasteiger partial charge in [0.25, 0.3) is 0 Å². The number of thiol groups is 1. The van der Waals surface area contributed by atoms with E-state index in [4.69, 9.17) is 9.47 Å². The normalized spacial score (nSPS) is 55.0. The standard InChI is InChI=1S/C23H30F2O5S/c1-19(2)29-17-9-12-13-8-15(24)14-7-11(26)5-6-20(14,3)22(13,25)16(27)10-21(12,4)23(17,30-19)18(28)31/h7,12-13,15-17,27H,5-6,8-10H2,1-4H3,(H,28,31)/t12-,13-,15-,16-,17+,20-,21-,22-,23-/m0/s1. The Kier molecular flexibility index (Phi) is 4.39. The molecule has 0 spiro atoms. The van der Waals surface area contributed by atoms with E-state index in [2.05, 4.69) is 12.6 Å². The maximum Gasteiger partial charge on any atom is 0.221 e. The molecule has 0 amide bonds. The number of fused-ring (bicyclic) bond motifs is 7. The number of ketones is 1. The van der Waals surface area contributed by atoms with Gasteiger partial charge >= 0.3 is 0 Å². The van der Waals surface area contributed by atoms with Gasteiger partial charge in [-0.1, -0.05) is 13.8 Å². The van der Waals surface area contributed by atoms with Crippen LogP contribution in [0.5, 0.6) is 0 Å². The van der Waals surface area contributed by atoms with Gasteiger partial charge in [-0.25, -0.2) is 8.78 Å². The summed E-state index contributed by atoms with van der Waals surface area (Å²) in [6.45, 7) is 6.90. The molecule has 0 aromatic carbocycles. The first-order valence-corrected chi connectivity index (χ1v) is 11.5. The predicted octanol–water partition coefficient (Wildman–Crippen LogP) is 3.49. The average Bonchev–Trinajstić information content (AvgIpc) is 3.06. The summed E-state index contributed by atoms with van der Waals surface area (Å²) >= 11 is 4.15. The van der Waals surface area contributed by atoms with E-state index in [0.29, 0.717) is 6.42 Å². The van der Waals surface area contributed by atoms with Crippen LogP contribution in [0.15, 0.2) is 11.6 Å². The molecule has 1 aliphatic heterocycles. The zero-order valence-electron chi connectivity index (χ0n) is 18.3. The van der Waals surface area contributed by atoms with Crippen LogP contribution in [0.2, 0.25) is 0 Å². The molecule has 3 saturated carbocycles. The van der Waals surface area contributed by atoms with Crippen LogP contribution in [0.25, 0.3) is 0 Å². The van der Waals surface area contributed by atoms with Crippen molar-refractivity contribution in [2.45, 2.75) is 95.2 Å². The van der Waals surface area contributed by atoms with Crippen molar-refractivity contribution in [2.24, 2.45) is 22.7 Å². The first-order valence-electron chi connectivity index (χ1n) is 11.1. The first-order chi connectivity index (χ1) is 14.2. The quantitative estimate of drug-likeness (QED) is 0.591. The topological polar surface area (TPSA) is 72.8 Å². The molecule has 4 fully saturated rings. The number of allylic oxidation sites excluding steroid dienone is 1. The van der Waals surface area contributed by atoms with Crippen LogP contribution >= 0.6 is 12.6 Å². The third kappa shape index (κ3) is 2.38. The number of hydrogen-bond donors (Lipinski definition) is 2. The van der Waals surface area contributed by atoms with E-state index in [1.165, 1.54) is 6.08 Å². The second-order valence-corrected chi connectivity index (χ2v) is 11.5. The van der Waals surface area contributed by atoms with Crippen LogP contribution in [0.4, 0.5) is 8.78 Å². The van der Waals surface area contributed by atoms with E-state index in [1.807, 2.05) is 6.92 Å². The molecule has 31 heavy (non-hydrogen) atoms. The maximum atomic E-state index is 17.1. The van der Waals surface area contributed by atoms with Gasteiger partial charge in [-0.05, 0) is 57.1 Å². The van der Waals surface area contributed by atoms with Crippen LogP contribution in [0.3, 0.4) is 0 Å². The van der Waals surface area contributed by atoms with Gasteiger partial charge in [-0.15, -0.1) is 12.6 Å². The van der Waals surface area contributed by atoms with Crippen LogP contribution in [-0.4, -0.2) is 51.4 Å². The lowest BCUT2D eigenvalue weighted by molar-refractivity contribution is -0.252. The summed E-state index contributed by atoms with van der Waals surface area (Å²) in [5, 5.41) is 10.8. The minimum Gasteiger partial charge on any atom is -0.390 e. The number of hydrogen-bond acceptors (Lipinski definition) is 5. The molecule has 0 aromatic rings. The predicted molar refractivity (Wildman–Crippen MR) is 111 cm³/mol. The smallest absolute Gasteiger partial charge is 0.221 e. The lowest BCUT2D eigenvalue weighted by atomic mass is 9.43. The molecule has 5 rings (SSSR count). The van der Waals surface area contributed by atoms with Crippen molar-refractivity contribution in [2.75, 3.05) is 0 Å².